The number of anilines is 2. The van der Waals surface area contributed by atoms with E-state index in [4.69, 9.17) is 10.5 Å². The van der Waals surface area contributed by atoms with E-state index in [1.54, 1.807) is 18.2 Å². The number of benzene rings is 1. The van der Waals surface area contributed by atoms with Crippen molar-refractivity contribution in [2.75, 3.05) is 24.3 Å². The Labute approximate surface area is 124 Å². The third-order valence-corrected chi connectivity index (χ3v) is 3.95. The predicted molar refractivity (Wildman–Crippen MR) is 81.3 cm³/mol. The van der Waals surface area contributed by atoms with Crippen molar-refractivity contribution in [2.45, 2.75) is 26.2 Å². The summed E-state index contributed by atoms with van der Waals surface area (Å²) in [6.07, 6.45) is 2.64. The van der Waals surface area contributed by atoms with Gasteiger partial charge in [-0.2, -0.15) is 0 Å². The van der Waals surface area contributed by atoms with Gasteiger partial charge in [-0.25, -0.2) is 0 Å². The van der Waals surface area contributed by atoms with Gasteiger partial charge >= 0.3 is 0 Å². The number of carbonyl (C=O) groups is 2. The van der Waals surface area contributed by atoms with Gasteiger partial charge in [0.2, 0.25) is 11.8 Å². The number of nitrogens with two attached hydrogens (primary N) is 1. The molecular formula is C15H21N3O3. The Morgan fingerprint density at radius 1 is 1.33 bits per heavy atom. The lowest BCUT2D eigenvalue weighted by Crippen LogP contribution is -2.47. The van der Waals surface area contributed by atoms with Crippen LogP contribution in [-0.2, 0) is 9.59 Å². The smallest absolute Gasteiger partial charge is 0.231 e. The van der Waals surface area contributed by atoms with Crippen LogP contribution in [0.5, 0.6) is 5.75 Å². The maximum Gasteiger partial charge on any atom is 0.231 e. The second-order valence-electron chi connectivity index (χ2n) is 5.39. The molecule has 2 rings (SSSR count). The fourth-order valence-electron chi connectivity index (χ4n) is 2.47. The molecule has 0 aliphatic heterocycles. The molecule has 21 heavy (non-hydrogen) atoms. The highest BCUT2D eigenvalue weighted by molar-refractivity contribution is 5.98. The molecule has 1 saturated carbocycles. The first kappa shape index (κ1) is 15.3. The second kappa shape index (κ2) is 6.13. The fourth-order valence-corrected chi connectivity index (χ4v) is 2.47. The molecule has 0 aromatic heterocycles. The molecule has 0 bridgehead atoms. The standard InChI is InChI=1S/C15H21N3O3/c1-10(19)17-11-4-5-13(21-2)12(8-11)18-14(20)15(9-16)6-3-7-15/h4-5,8H,3,6-7,9,16H2,1-2H3,(H,17,19)(H,18,20). The number of methoxy groups -OCH3 is 1. The average molecular weight is 291 g/mol. The highest BCUT2D eigenvalue weighted by Gasteiger charge is 2.43. The van der Waals surface area contributed by atoms with Gasteiger partial charge in [-0.1, -0.05) is 6.42 Å². The van der Waals surface area contributed by atoms with Crippen LogP contribution >= 0.6 is 0 Å². The van der Waals surface area contributed by atoms with Crippen molar-refractivity contribution >= 4 is 23.2 Å². The molecule has 1 fully saturated rings. The van der Waals surface area contributed by atoms with Crippen LogP contribution in [0.1, 0.15) is 26.2 Å². The van der Waals surface area contributed by atoms with E-state index in [0.29, 0.717) is 23.7 Å². The van der Waals surface area contributed by atoms with Crippen LogP contribution in [0.2, 0.25) is 0 Å². The van der Waals surface area contributed by atoms with Crippen LogP contribution in [0.15, 0.2) is 18.2 Å². The summed E-state index contributed by atoms with van der Waals surface area (Å²) in [5, 5.41) is 5.55. The molecule has 4 N–H and O–H groups in total. The van der Waals surface area contributed by atoms with Crippen molar-refractivity contribution in [1.82, 2.24) is 0 Å². The molecular weight excluding hydrogens is 270 g/mol. The Balaban J connectivity index is 2.20. The zero-order valence-electron chi connectivity index (χ0n) is 12.4. The summed E-state index contributed by atoms with van der Waals surface area (Å²) in [6, 6.07) is 5.11. The number of carbonyl (C=O) groups excluding carboxylic acids is 2. The van der Waals surface area contributed by atoms with E-state index in [-0.39, 0.29) is 11.8 Å². The quantitative estimate of drug-likeness (QED) is 0.770. The number of ether oxygens (including phenoxy) is 1. The summed E-state index contributed by atoms with van der Waals surface area (Å²) >= 11 is 0. The topological polar surface area (TPSA) is 93.5 Å². The third-order valence-electron chi connectivity index (χ3n) is 3.95. The van der Waals surface area contributed by atoms with Crippen LogP contribution in [0.3, 0.4) is 0 Å². The third kappa shape index (κ3) is 3.16. The summed E-state index contributed by atoms with van der Waals surface area (Å²) in [5.74, 6) is 0.285. The lowest BCUT2D eigenvalue weighted by molar-refractivity contribution is -0.129. The molecule has 0 radical (unpaired) electrons. The predicted octanol–water partition coefficient (Wildman–Crippen LogP) is 1.72. The number of amides is 2. The van der Waals surface area contributed by atoms with Gasteiger partial charge in [0.05, 0.1) is 18.2 Å². The number of hydrogen-bond acceptors (Lipinski definition) is 4. The van der Waals surface area contributed by atoms with Gasteiger partial charge in [-0.05, 0) is 31.0 Å². The number of rotatable bonds is 5. The van der Waals surface area contributed by atoms with Crippen molar-refractivity contribution in [1.29, 1.82) is 0 Å². The van der Waals surface area contributed by atoms with E-state index in [1.807, 2.05) is 0 Å². The molecule has 0 unspecified atom stereocenters. The highest BCUT2D eigenvalue weighted by atomic mass is 16.5. The average Bonchev–Trinajstić information content (AvgIpc) is 2.37. The molecule has 6 heteroatoms. The molecule has 0 spiro atoms. The Morgan fingerprint density at radius 2 is 2.05 bits per heavy atom. The van der Waals surface area contributed by atoms with Crippen LogP contribution in [-0.4, -0.2) is 25.5 Å². The first-order chi connectivity index (χ1) is 10.0. The first-order valence-corrected chi connectivity index (χ1v) is 6.98. The van der Waals surface area contributed by atoms with Crippen LogP contribution in [0, 0.1) is 5.41 Å². The van der Waals surface area contributed by atoms with Crippen molar-refractivity contribution in [3.05, 3.63) is 18.2 Å². The normalized spacial score (nSPS) is 15.8. The summed E-state index contributed by atoms with van der Waals surface area (Å²) in [5.41, 5.74) is 6.42. The van der Waals surface area contributed by atoms with Crippen LogP contribution in [0.25, 0.3) is 0 Å². The Hall–Kier alpha value is -2.08. The lowest BCUT2D eigenvalue weighted by atomic mass is 9.68. The lowest BCUT2D eigenvalue weighted by Gasteiger charge is -2.39. The minimum absolute atomic E-state index is 0.0884. The van der Waals surface area contributed by atoms with Gasteiger partial charge in [0.1, 0.15) is 5.75 Å². The van der Waals surface area contributed by atoms with Gasteiger partial charge < -0.3 is 21.1 Å². The summed E-state index contributed by atoms with van der Waals surface area (Å²) in [4.78, 5) is 23.5. The minimum atomic E-state index is -0.463. The van der Waals surface area contributed by atoms with Gasteiger partial charge in [-0.15, -0.1) is 0 Å². The molecule has 1 aliphatic carbocycles. The minimum Gasteiger partial charge on any atom is -0.495 e. The molecule has 1 aromatic carbocycles. The first-order valence-electron chi connectivity index (χ1n) is 6.98. The zero-order valence-corrected chi connectivity index (χ0v) is 12.4. The van der Waals surface area contributed by atoms with Crippen molar-refractivity contribution in [3.63, 3.8) is 0 Å². The van der Waals surface area contributed by atoms with E-state index in [2.05, 4.69) is 10.6 Å². The van der Waals surface area contributed by atoms with Gasteiger partial charge in [0.15, 0.2) is 0 Å². The van der Waals surface area contributed by atoms with Gasteiger partial charge in [-0.3, -0.25) is 9.59 Å². The molecule has 1 aromatic rings. The van der Waals surface area contributed by atoms with Crippen molar-refractivity contribution in [2.24, 2.45) is 11.1 Å². The Bertz CT molecular complexity index is 548. The zero-order chi connectivity index (χ0) is 15.5. The molecule has 6 nitrogen and oxygen atoms in total. The largest absolute Gasteiger partial charge is 0.495 e. The number of nitrogens with one attached hydrogen (secondary N) is 2. The molecule has 2 amide bonds. The highest BCUT2D eigenvalue weighted by Crippen LogP contribution is 2.41. The van der Waals surface area contributed by atoms with E-state index in [0.717, 1.165) is 19.3 Å². The van der Waals surface area contributed by atoms with E-state index >= 15 is 0 Å². The molecule has 1 aliphatic rings. The SMILES string of the molecule is COc1ccc(NC(C)=O)cc1NC(=O)C1(CN)CCC1. The van der Waals surface area contributed by atoms with Crippen LogP contribution < -0.4 is 21.1 Å². The summed E-state index contributed by atoms with van der Waals surface area (Å²) in [6.45, 7) is 1.77. The fraction of sp³-hybridized carbons (Fsp3) is 0.467. The monoisotopic (exact) mass is 291 g/mol. The van der Waals surface area contributed by atoms with E-state index in [9.17, 15) is 9.59 Å². The van der Waals surface area contributed by atoms with Crippen molar-refractivity contribution < 1.29 is 14.3 Å². The molecule has 0 heterocycles. The van der Waals surface area contributed by atoms with Gasteiger partial charge in [0.25, 0.3) is 0 Å². The summed E-state index contributed by atoms with van der Waals surface area (Å²) in [7, 11) is 1.53. The Kier molecular flexibility index (Phi) is 4.47. The Morgan fingerprint density at radius 3 is 2.52 bits per heavy atom. The molecule has 0 atom stereocenters. The van der Waals surface area contributed by atoms with Crippen LogP contribution in [0.4, 0.5) is 11.4 Å². The molecule has 114 valence electrons. The van der Waals surface area contributed by atoms with E-state index < -0.39 is 5.41 Å². The summed E-state index contributed by atoms with van der Waals surface area (Å²) < 4.78 is 5.25. The maximum atomic E-state index is 12.4. The number of hydrogen-bond donors (Lipinski definition) is 3. The second-order valence-corrected chi connectivity index (χ2v) is 5.39. The molecule has 0 saturated heterocycles. The van der Waals surface area contributed by atoms with Gasteiger partial charge in [0, 0.05) is 19.2 Å². The van der Waals surface area contributed by atoms with Crippen molar-refractivity contribution in [3.8, 4) is 5.75 Å². The van der Waals surface area contributed by atoms with E-state index in [1.165, 1.54) is 14.0 Å². The maximum absolute atomic E-state index is 12.4.